The molecule has 2 aromatic heterocycles. The van der Waals surface area contributed by atoms with Gasteiger partial charge in [-0.05, 0) is 37.3 Å². The summed E-state index contributed by atoms with van der Waals surface area (Å²) in [6.07, 6.45) is 1.61. The van der Waals surface area contributed by atoms with Crippen LogP contribution < -0.4 is 4.74 Å². The van der Waals surface area contributed by atoms with Crippen LogP contribution in [0.25, 0.3) is 16.6 Å². The second-order valence-corrected chi connectivity index (χ2v) is 6.60. The van der Waals surface area contributed by atoms with Gasteiger partial charge in [-0.3, -0.25) is 4.79 Å². The Kier molecular flexibility index (Phi) is 4.99. The zero-order valence-electron chi connectivity index (χ0n) is 16.1. The molecule has 7 nitrogen and oxygen atoms in total. The molecule has 4 aromatic rings. The van der Waals surface area contributed by atoms with E-state index in [4.69, 9.17) is 4.74 Å². The van der Waals surface area contributed by atoms with Gasteiger partial charge in [0.2, 0.25) is 0 Å². The lowest BCUT2D eigenvalue weighted by molar-refractivity contribution is 0.0778. The molecular weight excluding hydrogens is 373 g/mol. The maximum absolute atomic E-state index is 13.9. The highest BCUT2D eigenvalue weighted by atomic mass is 19.1. The van der Waals surface area contributed by atoms with Crippen LogP contribution in [-0.2, 0) is 6.54 Å². The van der Waals surface area contributed by atoms with Crippen LogP contribution in [0.3, 0.4) is 0 Å². The van der Waals surface area contributed by atoms with E-state index in [0.29, 0.717) is 23.7 Å². The number of aromatic amines is 1. The fraction of sp³-hybridized carbons (Fsp3) is 0.190. The van der Waals surface area contributed by atoms with E-state index in [9.17, 15) is 9.18 Å². The highest BCUT2D eigenvalue weighted by Crippen LogP contribution is 2.27. The van der Waals surface area contributed by atoms with E-state index >= 15 is 0 Å². The van der Waals surface area contributed by atoms with Gasteiger partial charge in [-0.1, -0.05) is 23.4 Å². The van der Waals surface area contributed by atoms with E-state index in [2.05, 4.69) is 15.3 Å². The fourth-order valence-electron chi connectivity index (χ4n) is 3.17. The average Bonchev–Trinajstić information content (AvgIpc) is 3.35. The summed E-state index contributed by atoms with van der Waals surface area (Å²) < 4.78 is 20.9. The molecule has 0 saturated heterocycles. The summed E-state index contributed by atoms with van der Waals surface area (Å²) in [6.45, 7) is 2.70. The Balaban J connectivity index is 1.53. The molecule has 2 aromatic carbocycles. The van der Waals surface area contributed by atoms with Crippen molar-refractivity contribution in [2.24, 2.45) is 0 Å². The maximum atomic E-state index is 13.9. The Morgan fingerprint density at radius 3 is 2.86 bits per heavy atom. The lowest BCUT2D eigenvalue weighted by Crippen LogP contribution is -2.26. The molecule has 0 radical (unpaired) electrons. The number of hydrogen-bond acceptors (Lipinski definition) is 4. The monoisotopic (exact) mass is 393 g/mol. The number of benzene rings is 2. The van der Waals surface area contributed by atoms with Crippen LogP contribution in [0, 0.1) is 5.82 Å². The molecule has 2 heterocycles. The molecule has 0 bridgehead atoms. The van der Waals surface area contributed by atoms with Gasteiger partial charge in [0.05, 0.1) is 19.3 Å². The van der Waals surface area contributed by atoms with E-state index in [1.807, 2.05) is 25.1 Å². The molecule has 0 aliphatic rings. The number of fused-ring (bicyclic) bond motifs is 1. The van der Waals surface area contributed by atoms with Gasteiger partial charge in [0.25, 0.3) is 5.91 Å². The van der Waals surface area contributed by atoms with Crippen molar-refractivity contribution < 1.29 is 13.9 Å². The molecule has 148 valence electrons. The summed E-state index contributed by atoms with van der Waals surface area (Å²) in [5, 5.41) is 8.87. The van der Waals surface area contributed by atoms with E-state index < -0.39 is 5.82 Å². The highest BCUT2D eigenvalue weighted by molar-refractivity contribution is 5.99. The molecule has 0 fully saturated rings. The number of hydrogen-bond donors (Lipinski definition) is 1. The molecule has 0 saturated carbocycles. The van der Waals surface area contributed by atoms with Crippen molar-refractivity contribution >= 4 is 16.8 Å². The first-order chi connectivity index (χ1) is 14.1. The van der Waals surface area contributed by atoms with E-state index in [1.165, 1.54) is 15.6 Å². The molecule has 0 spiro atoms. The quantitative estimate of drug-likeness (QED) is 0.543. The second kappa shape index (κ2) is 7.75. The number of nitrogens with one attached hydrogen (secondary N) is 1. The van der Waals surface area contributed by atoms with Gasteiger partial charge in [-0.25, -0.2) is 9.07 Å². The van der Waals surface area contributed by atoms with E-state index in [1.54, 1.807) is 37.5 Å². The first-order valence-corrected chi connectivity index (χ1v) is 9.23. The zero-order valence-corrected chi connectivity index (χ0v) is 16.1. The Bertz CT molecular complexity index is 1170. The average molecular weight is 393 g/mol. The van der Waals surface area contributed by atoms with Crippen molar-refractivity contribution in [2.75, 3.05) is 13.7 Å². The largest absolute Gasteiger partial charge is 0.493 e. The van der Waals surface area contributed by atoms with Crippen molar-refractivity contribution in [3.63, 3.8) is 0 Å². The smallest absolute Gasteiger partial charge is 0.270 e. The normalized spacial score (nSPS) is 11.0. The van der Waals surface area contributed by atoms with Crippen LogP contribution in [0.2, 0.25) is 0 Å². The molecule has 1 N–H and O–H groups in total. The van der Waals surface area contributed by atoms with Crippen molar-refractivity contribution in [2.45, 2.75) is 13.5 Å². The molecule has 29 heavy (non-hydrogen) atoms. The number of rotatable bonds is 6. The third kappa shape index (κ3) is 3.69. The van der Waals surface area contributed by atoms with Crippen molar-refractivity contribution in [1.82, 2.24) is 24.9 Å². The Labute approximate surface area is 166 Å². The molecular formula is C21H20FN5O2. The van der Waals surface area contributed by atoms with Gasteiger partial charge >= 0.3 is 0 Å². The standard InChI is InChI=1S/C21H20FN5O2/c1-3-29-20-10-6-8-17-15(20)11-18(23-17)21(28)26(2)12-14-13-27(25-24-14)19-9-5-4-7-16(19)22/h4-11,13,23H,3,12H2,1-2H3. The van der Waals surface area contributed by atoms with Crippen LogP contribution in [0.1, 0.15) is 23.1 Å². The first-order valence-electron chi connectivity index (χ1n) is 9.23. The van der Waals surface area contributed by atoms with Gasteiger partial charge in [-0.2, -0.15) is 0 Å². The molecule has 0 unspecified atom stereocenters. The number of aromatic nitrogens is 4. The topological polar surface area (TPSA) is 76.0 Å². The third-order valence-electron chi connectivity index (χ3n) is 4.54. The van der Waals surface area contributed by atoms with E-state index in [-0.39, 0.29) is 12.5 Å². The Morgan fingerprint density at radius 1 is 1.24 bits per heavy atom. The summed E-state index contributed by atoms with van der Waals surface area (Å²) >= 11 is 0. The number of halogens is 1. The number of ether oxygens (including phenoxy) is 1. The first kappa shape index (κ1) is 18.7. The van der Waals surface area contributed by atoms with Gasteiger partial charge in [-0.15, -0.1) is 5.10 Å². The van der Waals surface area contributed by atoms with Crippen LogP contribution >= 0.6 is 0 Å². The summed E-state index contributed by atoms with van der Waals surface area (Å²) in [5.74, 6) is 0.149. The summed E-state index contributed by atoms with van der Waals surface area (Å²) in [5.41, 5.74) is 2.14. The zero-order chi connectivity index (χ0) is 20.4. The maximum Gasteiger partial charge on any atom is 0.270 e. The number of carbonyl (C=O) groups is 1. The van der Waals surface area contributed by atoms with Crippen molar-refractivity contribution in [1.29, 1.82) is 0 Å². The molecule has 0 aliphatic heterocycles. The number of H-pyrrole nitrogens is 1. The van der Waals surface area contributed by atoms with Crippen molar-refractivity contribution in [3.8, 4) is 11.4 Å². The SMILES string of the molecule is CCOc1cccc2[nH]c(C(=O)N(C)Cc3cn(-c4ccccc4F)nn3)cc12. The summed E-state index contributed by atoms with van der Waals surface area (Å²) in [7, 11) is 1.68. The predicted octanol–water partition coefficient (Wildman–Crippen LogP) is 3.56. The highest BCUT2D eigenvalue weighted by Gasteiger charge is 2.18. The van der Waals surface area contributed by atoms with Crippen LogP contribution in [-0.4, -0.2) is 44.4 Å². The van der Waals surface area contributed by atoms with Gasteiger partial charge in [0, 0.05) is 18.0 Å². The minimum Gasteiger partial charge on any atom is -0.493 e. The molecule has 0 aliphatic carbocycles. The molecule has 4 rings (SSSR count). The van der Waals surface area contributed by atoms with E-state index in [0.717, 1.165) is 16.7 Å². The minimum absolute atomic E-state index is 0.191. The van der Waals surface area contributed by atoms with Gasteiger partial charge in [0.15, 0.2) is 0 Å². The van der Waals surface area contributed by atoms with Gasteiger partial charge in [0.1, 0.15) is 28.6 Å². The third-order valence-corrected chi connectivity index (χ3v) is 4.54. The Hall–Kier alpha value is -3.68. The summed E-state index contributed by atoms with van der Waals surface area (Å²) in [4.78, 5) is 17.5. The lowest BCUT2D eigenvalue weighted by Gasteiger charge is -2.14. The number of amides is 1. The lowest BCUT2D eigenvalue weighted by atomic mass is 10.2. The molecule has 1 amide bonds. The Morgan fingerprint density at radius 2 is 2.07 bits per heavy atom. The number of carbonyl (C=O) groups excluding carboxylic acids is 1. The predicted molar refractivity (Wildman–Crippen MR) is 107 cm³/mol. The van der Waals surface area contributed by atoms with Crippen LogP contribution in [0.15, 0.2) is 54.7 Å². The molecule has 8 heteroatoms. The summed E-state index contributed by atoms with van der Waals surface area (Å²) in [6, 6.07) is 13.7. The molecule has 0 atom stereocenters. The fourth-order valence-corrected chi connectivity index (χ4v) is 3.17. The number of para-hydroxylation sites is 1. The minimum atomic E-state index is -0.392. The van der Waals surface area contributed by atoms with Crippen molar-refractivity contribution in [3.05, 3.63) is 71.9 Å². The van der Waals surface area contributed by atoms with Gasteiger partial charge < -0.3 is 14.6 Å². The second-order valence-electron chi connectivity index (χ2n) is 6.60. The van der Waals surface area contributed by atoms with Crippen LogP contribution in [0.5, 0.6) is 5.75 Å². The number of nitrogens with zero attached hydrogens (tertiary/aromatic N) is 4. The van der Waals surface area contributed by atoms with Crippen LogP contribution in [0.4, 0.5) is 4.39 Å².